The largest absolute Gasteiger partial charge is 0.311 e. The number of benzene rings is 9. The fourth-order valence-electron chi connectivity index (χ4n) is 10.5. The van der Waals surface area contributed by atoms with Crippen LogP contribution in [0.5, 0.6) is 0 Å². The van der Waals surface area contributed by atoms with E-state index in [9.17, 15) is 0 Å². The highest BCUT2D eigenvalue weighted by molar-refractivity contribution is 6.09. The van der Waals surface area contributed by atoms with E-state index in [0.717, 1.165) is 22.6 Å². The van der Waals surface area contributed by atoms with Gasteiger partial charge in [-0.15, -0.1) is 0 Å². The summed E-state index contributed by atoms with van der Waals surface area (Å²) in [4.78, 5) is 2.31. The standard InChI is InChI=1S/C61H49N/c1-39-21-34-51-53(35-39)41(3)54-37-56-57(38-55(51)54)61(46-30-28-44(29-31-46)60(4,5)6,58-36-40(2)50-19-13-14-20-52(50)59(56)58)45-26-22-42(23-27-45)43-24-32-49(33-25-43)62(47-15-9-7-10-16-47)48-17-11-8-12-18-48/h7-38H,3H2,1-2,4-6H3. The molecule has 1 unspecified atom stereocenters. The monoisotopic (exact) mass is 795 g/mol. The smallest absolute Gasteiger partial charge is 0.0714 e. The molecule has 2 aliphatic carbocycles. The topological polar surface area (TPSA) is 3.24 Å². The lowest BCUT2D eigenvalue weighted by molar-refractivity contribution is 0.589. The van der Waals surface area contributed by atoms with Gasteiger partial charge in [-0.1, -0.05) is 179 Å². The van der Waals surface area contributed by atoms with Crippen molar-refractivity contribution in [3.05, 3.63) is 251 Å². The van der Waals surface area contributed by atoms with E-state index in [1.54, 1.807) is 0 Å². The van der Waals surface area contributed by atoms with E-state index in [0.29, 0.717) is 0 Å². The molecule has 0 fully saturated rings. The Bertz CT molecular complexity index is 3160. The van der Waals surface area contributed by atoms with Crippen LogP contribution >= 0.6 is 0 Å². The van der Waals surface area contributed by atoms with E-state index < -0.39 is 5.41 Å². The molecule has 0 aromatic heterocycles. The Kier molecular flexibility index (Phi) is 8.64. The molecule has 0 saturated carbocycles. The van der Waals surface area contributed by atoms with Crippen LogP contribution in [0.2, 0.25) is 0 Å². The Balaban J connectivity index is 1.12. The van der Waals surface area contributed by atoms with Gasteiger partial charge in [-0.05, 0) is 162 Å². The Morgan fingerprint density at radius 2 is 0.968 bits per heavy atom. The van der Waals surface area contributed by atoms with E-state index in [2.05, 4.69) is 234 Å². The van der Waals surface area contributed by atoms with E-state index in [1.807, 2.05) is 0 Å². The van der Waals surface area contributed by atoms with E-state index in [4.69, 9.17) is 6.58 Å². The molecule has 2 aliphatic rings. The summed E-state index contributed by atoms with van der Waals surface area (Å²) in [5.41, 5.74) is 23.0. The molecule has 9 aromatic carbocycles. The van der Waals surface area contributed by atoms with Crippen molar-refractivity contribution in [2.75, 3.05) is 4.90 Å². The second kappa shape index (κ2) is 14.2. The molecular formula is C61H49N. The highest BCUT2D eigenvalue weighted by atomic mass is 15.1. The summed E-state index contributed by atoms with van der Waals surface area (Å²) in [6, 6.07) is 72.5. The van der Waals surface area contributed by atoms with Crippen LogP contribution < -0.4 is 4.90 Å². The first-order valence-corrected chi connectivity index (χ1v) is 21.9. The molecule has 1 nitrogen and oxygen atoms in total. The highest BCUT2D eigenvalue weighted by Gasteiger charge is 2.48. The van der Waals surface area contributed by atoms with Gasteiger partial charge in [0.2, 0.25) is 0 Å². The van der Waals surface area contributed by atoms with Crippen molar-refractivity contribution >= 4 is 33.4 Å². The van der Waals surface area contributed by atoms with Crippen LogP contribution in [0, 0.1) is 13.8 Å². The Morgan fingerprint density at radius 3 is 1.58 bits per heavy atom. The Morgan fingerprint density at radius 1 is 0.435 bits per heavy atom. The lowest BCUT2D eigenvalue weighted by Gasteiger charge is -2.35. The molecule has 298 valence electrons. The summed E-state index contributed by atoms with van der Waals surface area (Å²) in [6.07, 6.45) is 0. The minimum absolute atomic E-state index is 0.0312. The Labute approximate surface area is 366 Å². The highest BCUT2D eigenvalue weighted by Crippen LogP contribution is 2.61. The van der Waals surface area contributed by atoms with Crippen molar-refractivity contribution in [2.45, 2.75) is 45.4 Å². The van der Waals surface area contributed by atoms with Gasteiger partial charge in [0, 0.05) is 17.1 Å². The molecule has 0 spiro atoms. The van der Waals surface area contributed by atoms with Gasteiger partial charge in [0.05, 0.1) is 5.41 Å². The van der Waals surface area contributed by atoms with Gasteiger partial charge in [0.15, 0.2) is 0 Å². The summed E-state index contributed by atoms with van der Waals surface area (Å²) in [7, 11) is 0. The van der Waals surface area contributed by atoms with Crippen LogP contribution in [0.1, 0.15) is 70.8 Å². The van der Waals surface area contributed by atoms with Gasteiger partial charge >= 0.3 is 0 Å². The number of nitrogens with zero attached hydrogens (tertiary/aromatic N) is 1. The molecule has 0 saturated heterocycles. The SMILES string of the molecule is C=C1c2cc(C)ccc2-c2cc3c(cc21)-c1c(cc(C)c2ccccc12)C3(c1ccc(-c2ccc(N(c3ccccc3)c3ccccc3)cc2)cc1)c1ccc(C(C)(C)C)cc1. The summed E-state index contributed by atoms with van der Waals surface area (Å²) in [5, 5.41) is 2.59. The number of rotatable bonds is 6. The number of hydrogen-bond donors (Lipinski definition) is 0. The maximum atomic E-state index is 4.70. The number of fused-ring (bicyclic) bond motifs is 8. The predicted molar refractivity (Wildman–Crippen MR) is 263 cm³/mol. The molecule has 9 aromatic rings. The van der Waals surface area contributed by atoms with Gasteiger partial charge in [-0.25, -0.2) is 0 Å². The zero-order valence-corrected chi connectivity index (χ0v) is 36.1. The molecule has 0 N–H and O–H groups in total. The summed E-state index contributed by atoms with van der Waals surface area (Å²) in [6.45, 7) is 16.1. The minimum Gasteiger partial charge on any atom is -0.311 e. The van der Waals surface area contributed by atoms with Crippen molar-refractivity contribution in [2.24, 2.45) is 0 Å². The first-order chi connectivity index (χ1) is 30.1. The number of aryl methyl sites for hydroxylation is 2. The zero-order valence-electron chi connectivity index (χ0n) is 36.1. The van der Waals surface area contributed by atoms with Crippen LogP contribution in [0.15, 0.2) is 201 Å². The average molecular weight is 796 g/mol. The van der Waals surface area contributed by atoms with Crippen LogP contribution in [0.25, 0.3) is 49.7 Å². The summed E-state index contributed by atoms with van der Waals surface area (Å²) in [5.74, 6) is 0. The fraction of sp³-hybridized carbons (Fsp3) is 0.115. The van der Waals surface area contributed by atoms with Gasteiger partial charge < -0.3 is 4.90 Å². The lowest BCUT2D eigenvalue weighted by atomic mass is 9.66. The fourth-order valence-corrected chi connectivity index (χ4v) is 10.5. The van der Waals surface area contributed by atoms with Crippen LogP contribution in [-0.2, 0) is 10.8 Å². The number of hydrogen-bond acceptors (Lipinski definition) is 1. The molecule has 1 heteroatoms. The van der Waals surface area contributed by atoms with Gasteiger partial charge in [-0.3, -0.25) is 0 Å². The first kappa shape index (κ1) is 37.8. The van der Waals surface area contributed by atoms with Gasteiger partial charge in [-0.2, -0.15) is 0 Å². The van der Waals surface area contributed by atoms with Crippen molar-refractivity contribution in [3.63, 3.8) is 0 Å². The minimum atomic E-state index is -0.575. The Hall–Kier alpha value is -7.22. The molecule has 0 radical (unpaired) electrons. The number of para-hydroxylation sites is 2. The van der Waals surface area contributed by atoms with E-state index in [-0.39, 0.29) is 5.41 Å². The van der Waals surface area contributed by atoms with E-state index in [1.165, 1.54) is 94.2 Å². The predicted octanol–water partition coefficient (Wildman–Crippen LogP) is 16.3. The van der Waals surface area contributed by atoms with Crippen LogP contribution in [0.3, 0.4) is 0 Å². The second-order valence-electron chi connectivity index (χ2n) is 18.3. The van der Waals surface area contributed by atoms with Gasteiger partial charge in [0.25, 0.3) is 0 Å². The van der Waals surface area contributed by atoms with Crippen LogP contribution in [0.4, 0.5) is 17.1 Å². The third-order valence-corrected chi connectivity index (χ3v) is 13.6. The van der Waals surface area contributed by atoms with Crippen molar-refractivity contribution in [1.29, 1.82) is 0 Å². The quantitative estimate of drug-likeness (QED) is 0.162. The third kappa shape index (κ3) is 5.76. The van der Waals surface area contributed by atoms with Crippen LogP contribution in [-0.4, -0.2) is 0 Å². The zero-order chi connectivity index (χ0) is 42.3. The second-order valence-corrected chi connectivity index (χ2v) is 18.3. The molecule has 0 bridgehead atoms. The van der Waals surface area contributed by atoms with Crippen molar-refractivity contribution in [3.8, 4) is 33.4 Å². The number of anilines is 3. The lowest BCUT2D eigenvalue weighted by Crippen LogP contribution is -2.29. The molecule has 1 atom stereocenters. The maximum absolute atomic E-state index is 4.70. The maximum Gasteiger partial charge on any atom is 0.0714 e. The first-order valence-electron chi connectivity index (χ1n) is 21.9. The molecule has 62 heavy (non-hydrogen) atoms. The normalized spacial score (nSPS) is 15.0. The molecule has 0 amide bonds. The third-order valence-electron chi connectivity index (χ3n) is 13.6. The summed E-state index contributed by atoms with van der Waals surface area (Å²) >= 11 is 0. The molecule has 0 aliphatic heterocycles. The summed E-state index contributed by atoms with van der Waals surface area (Å²) < 4.78 is 0. The van der Waals surface area contributed by atoms with Gasteiger partial charge in [0.1, 0.15) is 0 Å². The molecule has 0 heterocycles. The average Bonchev–Trinajstić information content (AvgIpc) is 3.74. The molecular weight excluding hydrogens is 747 g/mol. The van der Waals surface area contributed by atoms with Crippen molar-refractivity contribution in [1.82, 2.24) is 0 Å². The van der Waals surface area contributed by atoms with Crippen molar-refractivity contribution < 1.29 is 0 Å². The molecule has 11 rings (SSSR count). The van der Waals surface area contributed by atoms with E-state index >= 15 is 0 Å².